The molecule has 2 N–H and O–H groups in total. The minimum atomic E-state index is -3.89. The van der Waals surface area contributed by atoms with Crippen molar-refractivity contribution in [2.45, 2.75) is 37.5 Å². The average Bonchev–Trinajstić information content (AvgIpc) is 3.01. The lowest BCUT2D eigenvalue weighted by molar-refractivity contribution is 0.466. The highest BCUT2D eigenvalue weighted by atomic mass is 32.2. The Kier molecular flexibility index (Phi) is 4.50. The van der Waals surface area contributed by atoms with Gasteiger partial charge in [0.1, 0.15) is 33.3 Å². The molecule has 0 fully saturated rings. The van der Waals surface area contributed by atoms with E-state index in [2.05, 4.69) is 9.98 Å². The summed E-state index contributed by atoms with van der Waals surface area (Å²) >= 11 is 0. The lowest BCUT2D eigenvalue weighted by atomic mass is 9.92. The predicted octanol–water partition coefficient (Wildman–Crippen LogP) is 3.42. The van der Waals surface area contributed by atoms with Crippen molar-refractivity contribution in [3.8, 4) is 0 Å². The molecule has 1 aliphatic heterocycles. The van der Waals surface area contributed by atoms with E-state index in [9.17, 15) is 17.2 Å². The van der Waals surface area contributed by atoms with Gasteiger partial charge in [-0.3, -0.25) is 4.99 Å². The maximum absolute atomic E-state index is 14.4. The molecule has 158 valence electrons. The van der Waals surface area contributed by atoms with E-state index in [0.29, 0.717) is 22.6 Å². The Morgan fingerprint density at radius 3 is 2.60 bits per heavy atom. The number of aromatic nitrogens is 1. The number of nitrogens with two attached hydrogens (primary N) is 1. The number of hydrogen-bond donors (Lipinski definition) is 1. The molecule has 0 amide bonds. The minimum absolute atomic E-state index is 0.0637. The summed E-state index contributed by atoms with van der Waals surface area (Å²) in [5.74, 6) is -1.54. The van der Waals surface area contributed by atoms with E-state index >= 15 is 0 Å². The number of benzene rings is 2. The molecule has 0 spiro atoms. The maximum atomic E-state index is 14.4. The van der Waals surface area contributed by atoms with Gasteiger partial charge in [-0.15, -0.1) is 0 Å². The van der Waals surface area contributed by atoms with E-state index in [1.54, 1.807) is 25.1 Å². The van der Waals surface area contributed by atoms with Crippen molar-refractivity contribution in [3.63, 3.8) is 0 Å². The van der Waals surface area contributed by atoms with Crippen molar-refractivity contribution in [1.29, 1.82) is 0 Å². The van der Waals surface area contributed by atoms with Crippen LogP contribution in [0.4, 0.5) is 8.78 Å². The Morgan fingerprint density at radius 1 is 1.17 bits per heavy atom. The molecule has 6 nitrogen and oxygen atoms in total. The highest BCUT2D eigenvalue weighted by molar-refractivity contribution is 7.93. The van der Waals surface area contributed by atoms with Crippen molar-refractivity contribution in [2.75, 3.05) is 5.75 Å². The molecule has 3 aromatic rings. The van der Waals surface area contributed by atoms with Gasteiger partial charge in [-0.1, -0.05) is 6.07 Å². The van der Waals surface area contributed by atoms with Crippen LogP contribution in [0.3, 0.4) is 0 Å². The molecule has 1 unspecified atom stereocenters. The Balaban J connectivity index is 1.78. The van der Waals surface area contributed by atoms with Crippen molar-refractivity contribution < 1.29 is 21.6 Å². The first-order valence-electron chi connectivity index (χ1n) is 9.33. The molecule has 2 heterocycles. The number of aliphatic imine (C=N–C) groups is 1. The van der Waals surface area contributed by atoms with Crippen LogP contribution in [-0.4, -0.2) is 29.7 Å². The van der Waals surface area contributed by atoms with Crippen molar-refractivity contribution in [1.82, 2.24) is 4.98 Å². The first-order valence-corrected chi connectivity index (χ1v) is 11.0. The third kappa shape index (κ3) is 3.17. The Labute approximate surface area is 172 Å². The summed E-state index contributed by atoms with van der Waals surface area (Å²) in [6.45, 7) is 4.67. The van der Waals surface area contributed by atoms with E-state index in [4.69, 9.17) is 10.2 Å². The molecule has 30 heavy (non-hydrogen) atoms. The summed E-state index contributed by atoms with van der Waals surface area (Å²) in [5.41, 5.74) is 6.42. The Morgan fingerprint density at radius 2 is 1.90 bits per heavy atom. The zero-order chi connectivity index (χ0) is 21.9. The van der Waals surface area contributed by atoms with E-state index in [0.717, 1.165) is 18.2 Å². The fourth-order valence-electron chi connectivity index (χ4n) is 3.94. The van der Waals surface area contributed by atoms with Crippen molar-refractivity contribution in [3.05, 3.63) is 65.1 Å². The molecule has 0 radical (unpaired) electrons. The van der Waals surface area contributed by atoms with E-state index in [1.165, 1.54) is 13.8 Å². The molecular weight excluding hydrogens is 412 g/mol. The minimum Gasteiger partial charge on any atom is -0.441 e. The topological polar surface area (TPSA) is 98.5 Å². The van der Waals surface area contributed by atoms with Crippen LogP contribution in [0.5, 0.6) is 0 Å². The van der Waals surface area contributed by atoms with Gasteiger partial charge in [-0.05, 0) is 56.2 Å². The van der Waals surface area contributed by atoms with E-state index < -0.39 is 37.5 Å². The molecule has 0 saturated heterocycles. The average molecular weight is 433 g/mol. The van der Waals surface area contributed by atoms with Crippen LogP contribution in [0.1, 0.15) is 30.9 Å². The van der Waals surface area contributed by atoms with Gasteiger partial charge in [0.05, 0.1) is 5.75 Å². The molecule has 0 aliphatic carbocycles. The number of oxazole rings is 1. The summed E-state index contributed by atoms with van der Waals surface area (Å²) in [6, 6.07) is 8.12. The number of sulfone groups is 1. The third-order valence-corrected chi connectivity index (χ3v) is 8.34. The molecule has 1 aromatic heterocycles. The van der Waals surface area contributed by atoms with Gasteiger partial charge in [0.25, 0.3) is 0 Å². The second-order valence-electron chi connectivity index (χ2n) is 8.10. The standard InChI is InChI=1S/C21H21F2N3O3S/c1-12-25-17-8-13(4-7-18(17)29-12)10-21(3)19(24)26-20(2,11-30(21,27)28)15-9-14(22)5-6-16(15)23/h4-9H,10-11H2,1-3H3,(H2,24,26)/t20-,21?/m0/s1. The second kappa shape index (κ2) is 6.60. The van der Waals surface area contributed by atoms with Crippen LogP contribution in [-0.2, 0) is 21.8 Å². The Bertz CT molecular complexity index is 1300. The number of hydrogen-bond acceptors (Lipinski definition) is 6. The highest BCUT2D eigenvalue weighted by Gasteiger charge is 2.52. The zero-order valence-electron chi connectivity index (χ0n) is 16.7. The molecule has 2 aromatic carbocycles. The van der Waals surface area contributed by atoms with Crippen molar-refractivity contribution >= 4 is 26.8 Å². The SMILES string of the molecule is Cc1nc2cc(CC3(C)C(N)=N[C@](C)(c4cc(F)ccc4F)CS3(=O)=O)ccc2o1. The molecule has 4 rings (SSSR count). The van der Waals surface area contributed by atoms with E-state index in [1.807, 2.05) is 0 Å². The third-order valence-electron chi connectivity index (χ3n) is 5.68. The van der Waals surface area contributed by atoms with Crippen molar-refractivity contribution in [2.24, 2.45) is 10.7 Å². The first kappa shape index (κ1) is 20.5. The number of amidine groups is 1. The van der Waals surface area contributed by atoms with Gasteiger partial charge in [-0.25, -0.2) is 22.2 Å². The van der Waals surface area contributed by atoms with Crippen LogP contribution in [0.2, 0.25) is 0 Å². The molecule has 2 atom stereocenters. The van der Waals surface area contributed by atoms with Crippen LogP contribution >= 0.6 is 0 Å². The smallest absolute Gasteiger partial charge is 0.192 e. The summed E-state index contributed by atoms with van der Waals surface area (Å²) in [4.78, 5) is 8.64. The number of aryl methyl sites for hydroxylation is 1. The van der Waals surface area contributed by atoms with Crippen LogP contribution in [0.15, 0.2) is 45.8 Å². The molecule has 9 heteroatoms. The van der Waals surface area contributed by atoms with Gasteiger partial charge in [0.15, 0.2) is 21.3 Å². The molecule has 0 bridgehead atoms. The monoisotopic (exact) mass is 433 g/mol. The number of fused-ring (bicyclic) bond motifs is 1. The summed E-state index contributed by atoms with van der Waals surface area (Å²) in [6.07, 6.45) is 0.0637. The van der Waals surface area contributed by atoms with E-state index in [-0.39, 0.29) is 17.8 Å². The second-order valence-corrected chi connectivity index (χ2v) is 10.5. The fraction of sp³-hybridized carbons (Fsp3) is 0.333. The van der Waals surface area contributed by atoms with Crippen LogP contribution in [0.25, 0.3) is 11.1 Å². The van der Waals surface area contributed by atoms with Gasteiger partial charge in [-0.2, -0.15) is 0 Å². The normalized spacial score (nSPS) is 26.0. The number of rotatable bonds is 3. The molecular formula is C21H21F2N3O3S. The number of nitrogens with zero attached hydrogens (tertiary/aromatic N) is 2. The fourth-order valence-corrected chi connectivity index (χ4v) is 5.97. The summed E-state index contributed by atoms with van der Waals surface area (Å²) in [5, 5.41) is 0. The lowest BCUT2D eigenvalue weighted by Crippen LogP contribution is -2.57. The molecule has 0 saturated carbocycles. The van der Waals surface area contributed by atoms with Gasteiger partial charge in [0.2, 0.25) is 0 Å². The van der Waals surface area contributed by atoms with Crippen LogP contribution < -0.4 is 5.73 Å². The summed E-state index contributed by atoms with van der Waals surface area (Å²) in [7, 11) is -3.89. The van der Waals surface area contributed by atoms with Gasteiger partial charge in [0, 0.05) is 12.5 Å². The Hall–Kier alpha value is -2.81. The van der Waals surface area contributed by atoms with Gasteiger partial charge >= 0.3 is 0 Å². The number of halogens is 2. The lowest BCUT2D eigenvalue weighted by Gasteiger charge is -2.40. The van der Waals surface area contributed by atoms with Crippen LogP contribution in [0, 0.1) is 18.6 Å². The largest absolute Gasteiger partial charge is 0.441 e. The summed E-state index contributed by atoms with van der Waals surface area (Å²) < 4.78 is 58.8. The molecule has 1 aliphatic rings. The van der Waals surface area contributed by atoms with Gasteiger partial charge < -0.3 is 10.2 Å². The first-order chi connectivity index (χ1) is 13.9. The maximum Gasteiger partial charge on any atom is 0.192 e. The quantitative estimate of drug-likeness (QED) is 0.682. The predicted molar refractivity (Wildman–Crippen MR) is 110 cm³/mol. The zero-order valence-corrected chi connectivity index (χ0v) is 17.6. The highest BCUT2D eigenvalue weighted by Crippen LogP contribution is 2.39.